The highest BCUT2D eigenvalue weighted by Crippen LogP contribution is 2.45. The lowest BCUT2D eigenvalue weighted by Crippen LogP contribution is -2.10. The van der Waals surface area contributed by atoms with Gasteiger partial charge in [0.15, 0.2) is 5.78 Å². The van der Waals surface area contributed by atoms with Crippen LogP contribution in [0.1, 0.15) is 68.6 Å². The third-order valence-electron chi connectivity index (χ3n) is 7.12. The summed E-state index contributed by atoms with van der Waals surface area (Å²) in [6.45, 7) is 13.2. The van der Waals surface area contributed by atoms with Gasteiger partial charge in [0.25, 0.3) is 0 Å². The van der Waals surface area contributed by atoms with Crippen LogP contribution in [0.3, 0.4) is 0 Å². The molecule has 0 spiro atoms. The van der Waals surface area contributed by atoms with Crippen LogP contribution in [0, 0.1) is 0 Å². The van der Waals surface area contributed by atoms with E-state index in [9.17, 15) is 4.79 Å². The lowest BCUT2D eigenvalue weighted by molar-refractivity contribution is 0.104. The van der Waals surface area contributed by atoms with E-state index in [2.05, 4.69) is 90.1 Å². The monoisotopic (exact) mass is 512 g/mol. The minimum absolute atomic E-state index is 0.00783. The summed E-state index contributed by atoms with van der Waals surface area (Å²) in [4.78, 5) is 13.6. The summed E-state index contributed by atoms with van der Waals surface area (Å²) in [5, 5.41) is 1.24. The van der Waals surface area contributed by atoms with Crippen LogP contribution in [0.4, 0.5) is 0 Å². The molecule has 3 heteroatoms. The summed E-state index contributed by atoms with van der Waals surface area (Å²) in [5.74, 6) is 0.00783. The topological polar surface area (TPSA) is 17.1 Å². The van der Waals surface area contributed by atoms with Crippen molar-refractivity contribution in [2.45, 2.75) is 52.4 Å². The molecule has 0 atom stereocenters. The van der Waals surface area contributed by atoms with Crippen LogP contribution in [0.15, 0.2) is 72.8 Å². The Labute approximate surface area is 224 Å². The molecular weight excluding hydrogens is 483 g/mol. The van der Waals surface area contributed by atoms with Crippen molar-refractivity contribution in [1.29, 1.82) is 0 Å². The van der Waals surface area contributed by atoms with Gasteiger partial charge in [-0.2, -0.15) is 0 Å². The first-order valence-corrected chi connectivity index (χ1v) is 13.0. The highest BCUT2D eigenvalue weighted by Gasteiger charge is 2.30. The van der Waals surface area contributed by atoms with Crippen LogP contribution in [-0.2, 0) is 10.8 Å². The fraction of sp³-hybridized carbons (Fsp3) is 0.242. The van der Waals surface area contributed by atoms with Crippen molar-refractivity contribution in [1.82, 2.24) is 0 Å². The lowest BCUT2D eigenvalue weighted by Gasteiger charge is -2.19. The minimum Gasteiger partial charge on any atom is -0.289 e. The first-order chi connectivity index (χ1) is 16.8. The predicted molar refractivity (Wildman–Crippen MR) is 154 cm³/mol. The summed E-state index contributed by atoms with van der Waals surface area (Å²) >= 11 is 13.5. The molecule has 0 unspecified atom stereocenters. The van der Waals surface area contributed by atoms with Crippen LogP contribution in [-0.4, -0.2) is 5.78 Å². The van der Waals surface area contributed by atoms with Crippen molar-refractivity contribution < 1.29 is 4.79 Å². The number of hydrogen-bond acceptors (Lipinski definition) is 1. The molecule has 0 bridgehead atoms. The minimum atomic E-state index is 0.00783. The summed E-state index contributed by atoms with van der Waals surface area (Å²) in [7, 11) is 0. The Morgan fingerprint density at radius 3 is 1.11 bits per heavy atom. The van der Waals surface area contributed by atoms with Gasteiger partial charge in [-0.15, -0.1) is 0 Å². The number of rotatable bonds is 2. The van der Waals surface area contributed by atoms with Crippen LogP contribution in [0.25, 0.3) is 33.4 Å². The molecule has 5 rings (SSSR count). The first kappa shape index (κ1) is 24.8. The van der Waals surface area contributed by atoms with Crippen LogP contribution in [0.5, 0.6) is 0 Å². The van der Waals surface area contributed by atoms with E-state index < -0.39 is 0 Å². The molecule has 0 N–H and O–H groups in total. The molecule has 36 heavy (non-hydrogen) atoms. The van der Waals surface area contributed by atoms with E-state index in [1.807, 2.05) is 24.3 Å². The quantitative estimate of drug-likeness (QED) is 0.230. The second kappa shape index (κ2) is 8.61. The molecule has 4 aromatic carbocycles. The van der Waals surface area contributed by atoms with E-state index in [1.54, 1.807) is 0 Å². The normalized spacial score (nSPS) is 13.1. The Balaban J connectivity index is 1.55. The molecule has 0 aromatic heterocycles. The number of ketones is 1. The van der Waals surface area contributed by atoms with Crippen LogP contribution < -0.4 is 0 Å². The van der Waals surface area contributed by atoms with Crippen molar-refractivity contribution in [2.75, 3.05) is 0 Å². The largest absolute Gasteiger partial charge is 0.289 e. The molecule has 1 aliphatic rings. The Kier molecular flexibility index (Phi) is 5.93. The molecular formula is C33H30Cl2O. The van der Waals surface area contributed by atoms with Crippen molar-refractivity contribution in [3.05, 3.63) is 105 Å². The molecule has 0 heterocycles. The Morgan fingerprint density at radius 2 is 0.806 bits per heavy atom. The predicted octanol–water partition coefficient (Wildman–Crippen LogP) is 10.1. The SMILES string of the molecule is CC(C)(C)c1ccc(-c2cc3c(cc2Cl)-c2cc(Cl)c(-c4ccc(C(C)(C)C)cc4)cc2C3=O)cc1. The number of halogens is 2. The zero-order chi connectivity index (χ0) is 26.0. The molecule has 0 saturated heterocycles. The van der Waals surface area contributed by atoms with Crippen molar-refractivity contribution in [2.24, 2.45) is 0 Å². The van der Waals surface area contributed by atoms with Crippen LogP contribution >= 0.6 is 23.2 Å². The Morgan fingerprint density at radius 1 is 0.472 bits per heavy atom. The molecule has 4 aromatic rings. The first-order valence-electron chi connectivity index (χ1n) is 12.3. The molecule has 182 valence electrons. The van der Waals surface area contributed by atoms with Gasteiger partial charge in [-0.25, -0.2) is 0 Å². The van der Waals surface area contributed by atoms with Crippen molar-refractivity contribution >= 4 is 29.0 Å². The fourth-order valence-electron chi connectivity index (χ4n) is 4.86. The van der Waals surface area contributed by atoms with Crippen molar-refractivity contribution in [3.63, 3.8) is 0 Å². The molecule has 0 radical (unpaired) electrons. The van der Waals surface area contributed by atoms with Gasteiger partial charge in [-0.3, -0.25) is 4.79 Å². The fourth-order valence-corrected chi connectivity index (χ4v) is 5.40. The molecule has 0 amide bonds. The van der Waals surface area contributed by atoms with Gasteiger partial charge < -0.3 is 0 Å². The van der Waals surface area contributed by atoms with Crippen LogP contribution in [0.2, 0.25) is 10.0 Å². The van der Waals surface area contributed by atoms with Gasteiger partial charge in [0.05, 0.1) is 0 Å². The standard InChI is InChI=1S/C33H30Cl2O/c1-32(2,3)21-11-7-19(8-12-21)23-15-27-25(17-29(23)34)26-18-30(35)24(16-28(26)31(27)36)20-9-13-22(14-10-20)33(4,5)6/h7-18H,1-6H3. The molecule has 0 saturated carbocycles. The summed E-state index contributed by atoms with van der Waals surface area (Å²) in [5.41, 5.74) is 9.38. The van der Waals surface area contributed by atoms with E-state index in [0.717, 1.165) is 33.4 Å². The maximum Gasteiger partial charge on any atom is 0.194 e. The summed E-state index contributed by atoms with van der Waals surface area (Å²) < 4.78 is 0. The average molecular weight is 514 g/mol. The van der Waals surface area contributed by atoms with E-state index in [4.69, 9.17) is 23.2 Å². The zero-order valence-corrected chi connectivity index (χ0v) is 23.1. The summed E-state index contributed by atoms with van der Waals surface area (Å²) in [6, 6.07) is 24.5. The Bertz CT molecular complexity index is 1380. The van der Waals surface area contributed by atoms with Gasteiger partial charge >= 0.3 is 0 Å². The number of fused-ring (bicyclic) bond motifs is 3. The third-order valence-corrected chi connectivity index (χ3v) is 7.74. The average Bonchev–Trinajstić information content (AvgIpc) is 3.07. The number of carbonyl (C=O) groups excluding carboxylic acids is 1. The molecule has 0 aliphatic heterocycles. The van der Waals surface area contributed by atoms with Gasteiger partial charge in [-0.05, 0) is 68.5 Å². The highest BCUT2D eigenvalue weighted by molar-refractivity contribution is 6.36. The third kappa shape index (κ3) is 4.29. The molecule has 0 fully saturated rings. The number of hydrogen-bond donors (Lipinski definition) is 0. The Hall–Kier alpha value is -2.87. The smallest absolute Gasteiger partial charge is 0.194 e. The second-order valence-corrected chi connectivity index (χ2v) is 12.6. The number of benzene rings is 4. The lowest BCUT2D eigenvalue weighted by atomic mass is 9.86. The maximum atomic E-state index is 13.6. The zero-order valence-electron chi connectivity index (χ0n) is 21.6. The summed E-state index contributed by atoms with van der Waals surface area (Å²) in [6.07, 6.45) is 0. The van der Waals surface area contributed by atoms with Gasteiger partial charge in [-0.1, -0.05) is 113 Å². The van der Waals surface area contributed by atoms with Gasteiger partial charge in [0.2, 0.25) is 0 Å². The van der Waals surface area contributed by atoms with Gasteiger partial charge in [0.1, 0.15) is 0 Å². The maximum absolute atomic E-state index is 13.6. The van der Waals surface area contributed by atoms with Crippen molar-refractivity contribution in [3.8, 4) is 33.4 Å². The molecule has 1 aliphatic carbocycles. The van der Waals surface area contributed by atoms with E-state index in [1.165, 1.54) is 11.1 Å². The van der Waals surface area contributed by atoms with E-state index >= 15 is 0 Å². The highest BCUT2D eigenvalue weighted by atomic mass is 35.5. The van der Waals surface area contributed by atoms with E-state index in [-0.39, 0.29) is 16.6 Å². The van der Waals surface area contributed by atoms with Gasteiger partial charge in [0, 0.05) is 32.3 Å². The second-order valence-electron chi connectivity index (χ2n) is 11.7. The number of carbonyl (C=O) groups is 1. The van der Waals surface area contributed by atoms with E-state index in [0.29, 0.717) is 21.2 Å². The molecule has 1 nitrogen and oxygen atoms in total.